The second-order valence-electron chi connectivity index (χ2n) is 5.95. The van der Waals surface area contributed by atoms with Crippen LogP contribution in [0.15, 0.2) is 6.33 Å². The Morgan fingerprint density at radius 2 is 2.29 bits per heavy atom. The number of hydrogen-bond donors (Lipinski definition) is 1. The third-order valence-electron chi connectivity index (χ3n) is 3.22. The van der Waals surface area contributed by atoms with Crippen LogP contribution in [-0.4, -0.2) is 27.3 Å². The lowest BCUT2D eigenvalue weighted by molar-refractivity contribution is -0.132. The van der Waals surface area contributed by atoms with Crippen LogP contribution in [0.3, 0.4) is 0 Å². The van der Waals surface area contributed by atoms with Crippen molar-refractivity contribution in [1.29, 1.82) is 0 Å². The van der Waals surface area contributed by atoms with Gasteiger partial charge in [0.2, 0.25) is 5.91 Å². The largest absolute Gasteiger partial charge is 0.347 e. The molecule has 94 valence electrons. The van der Waals surface area contributed by atoms with Gasteiger partial charge in [-0.2, -0.15) is 0 Å². The second-order valence-corrected chi connectivity index (χ2v) is 5.95. The molecular weight excluding hydrogens is 214 g/mol. The molecule has 0 saturated carbocycles. The summed E-state index contributed by atoms with van der Waals surface area (Å²) in [4.78, 5) is 21.4. The van der Waals surface area contributed by atoms with Crippen molar-refractivity contribution in [3.63, 3.8) is 0 Å². The van der Waals surface area contributed by atoms with E-state index in [1.54, 1.807) is 6.33 Å². The Morgan fingerprint density at radius 3 is 3.00 bits per heavy atom. The molecule has 1 aliphatic heterocycles. The number of nitrogens with one attached hydrogen (secondary N) is 1. The van der Waals surface area contributed by atoms with Crippen molar-refractivity contribution in [3.05, 3.63) is 17.7 Å². The van der Waals surface area contributed by atoms with Crippen LogP contribution in [0.5, 0.6) is 0 Å². The molecule has 1 aromatic rings. The molecule has 4 nitrogen and oxygen atoms in total. The van der Waals surface area contributed by atoms with Gasteiger partial charge < -0.3 is 9.88 Å². The van der Waals surface area contributed by atoms with Crippen molar-refractivity contribution in [1.82, 2.24) is 14.9 Å². The molecule has 0 fully saturated rings. The topological polar surface area (TPSA) is 49.0 Å². The van der Waals surface area contributed by atoms with Gasteiger partial charge in [0, 0.05) is 19.4 Å². The van der Waals surface area contributed by atoms with Crippen molar-refractivity contribution in [2.75, 3.05) is 6.54 Å². The fraction of sp³-hybridized carbons (Fsp3) is 0.692. The Morgan fingerprint density at radius 1 is 1.53 bits per heavy atom. The van der Waals surface area contributed by atoms with E-state index in [-0.39, 0.29) is 11.3 Å². The van der Waals surface area contributed by atoms with E-state index >= 15 is 0 Å². The average Bonchev–Trinajstić information content (AvgIpc) is 2.71. The minimum atomic E-state index is 0.227. The highest BCUT2D eigenvalue weighted by atomic mass is 16.2. The van der Waals surface area contributed by atoms with E-state index in [9.17, 15) is 4.79 Å². The number of carbonyl (C=O) groups is 1. The molecule has 1 aliphatic rings. The fourth-order valence-electron chi connectivity index (χ4n) is 2.07. The maximum absolute atomic E-state index is 12.1. The molecule has 2 rings (SSSR count). The lowest BCUT2D eigenvalue weighted by Gasteiger charge is -2.27. The first-order valence-corrected chi connectivity index (χ1v) is 6.24. The highest BCUT2D eigenvalue weighted by Crippen LogP contribution is 2.22. The van der Waals surface area contributed by atoms with E-state index in [0.717, 1.165) is 30.8 Å². The van der Waals surface area contributed by atoms with E-state index in [2.05, 4.69) is 30.7 Å². The summed E-state index contributed by atoms with van der Waals surface area (Å²) in [5.41, 5.74) is 2.44. The predicted molar refractivity (Wildman–Crippen MR) is 66.4 cm³/mol. The number of aromatic nitrogens is 2. The van der Waals surface area contributed by atoms with Crippen molar-refractivity contribution >= 4 is 5.91 Å². The number of amides is 1. The third-order valence-corrected chi connectivity index (χ3v) is 3.22. The summed E-state index contributed by atoms with van der Waals surface area (Å²) in [6.07, 6.45) is 4.18. The van der Waals surface area contributed by atoms with Gasteiger partial charge in [-0.15, -0.1) is 0 Å². The Kier molecular flexibility index (Phi) is 3.22. The zero-order valence-electron chi connectivity index (χ0n) is 10.9. The highest BCUT2D eigenvalue weighted by Gasteiger charge is 2.23. The summed E-state index contributed by atoms with van der Waals surface area (Å²) < 4.78 is 0. The Hall–Kier alpha value is -1.32. The predicted octanol–water partition coefficient (Wildman–Crippen LogP) is 2.12. The minimum absolute atomic E-state index is 0.227. The Labute approximate surface area is 102 Å². The summed E-state index contributed by atoms with van der Waals surface area (Å²) in [6.45, 7) is 8.01. The fourth-order valence-corrected chi connectivity index (χ4v) is 2.07. The number of fused-ring (bicyclic) bond motifs is 1. The van der Waals surface area contributed by atoms with Crippen LogP contribution in [0.4, 0.5) is 0 Å². The van der Waals surface area contributed by atoms with Crippen LogP contribution in [0.25, 0.3) is 0 Å². The Bertz CT molecular complexity index is 403. The SMILES string of the molecule is CC(C)(C)CCC(=O)N1CCc2nc[nH]c2C1. The zero-order chi connectivity index (χ0) is 12.5. The number of nitrogens with zero attached hydrogens (tertiary/aromatic N) is 2. The lowest BCUT2D eigenvalue weighted by Crippen LogP contribution is -2.36. The molecule has 4 heteroatoms. The van der Waals surface area contributed by atoms with Gasteiger partial charge in [0.25, 0.3) is 0 Å². The molecule has 17 heavy (non-hydrogen) atoms. The monoisotopic (exact) mass is 235 g/mol. The minimum Gasteiger partial charge on any atom is -0.347 e. The normalized spacial score (nSPS) is 15.8. The maximum Gasteiger partial charge on any atom is 0.222 e. The van der Waals surface area contributed by atoms with E-state index < -0.39 is 0 Å². The van der Waals surface area contributed by atoms with Gasteiger partial charge in [0.1, 0.15) is 0 Å². The van der Waals surface area contributed by atoms with Crippen molar-refractivity contribution < 1.29 is 4.79 Å². The highest BCUT2D eigenvalue weighted by molar-refractivity contribution is 5.76. The van der Waals surface area contributed by atoms with E-state index in [4.69, 9.17) is 0 Å². The van der Waals surface area contributed by atoms with E-state index in [1.165, 1.54) is 0 Å². The quantitative estimate of drug-likeness (QED) is 0.853. The molecule has 0 saturated heterocycles. The standard InChI is InChI=1S/C13H21N3O/c1-13(2,3)6-4-12(17)16-7-5-10-11(8-16)15-9-14-10/h9H,4-8H2,1-3H3,(H,14,15). The first-order chi connectivity index (χ1) is 7.96. The summed E-state index contributed by atoms with van der Waals surface area (Å²) in [5.74, 6) is 0.264. The summed E-state index contributed by atoms with van der Waals surface area (Å²) in [7, 11) is 0. The summed E-state index contributed by atoms with van der Waals surface area (Å²) >= 11 is 0. The van der Waals surface area contributed by atoms with Gasteiger partial charge >= 0.3 is 0 Å². The molecule has 2 heterocycles. The van der Waals surface area contributed by atoms with Gasteiger partial charge in [-0.3, -0.25) is 4.79 Å². The molecule has 1 N–H and O–H groups in total. The number of imidazole rings is 1. The molecular formula is C13H21N3O. The molecule has 0 spiro atoms. The number of rotatable bonds is 2. The molecule has 0 atom stereocenters. The van der Waals surface area contributed by atoms with Crippen LogP contribution >= 0.6 is 0 Å². The lowest BCUT2D eigenvalue weighted by atomic mass is 9.90. The summed E-state index contributed by atoms with van der Waals surface area (Å²) in [5, 5.41) is 0. The number of H-pyrrole nitrogens is 1. The van der Waals surface area contributed by atoms with E-state index in [1.807, 2.05) is 4.90 Å². The van der Waals surface area contributed by atoms with Crippen molar-refractivity contribution in [2.24, 2.45) is 5.41 Å². The first-order valence-electron chi connectivity index (χ1n) is 6.24. The average molecular weight is 235 g/mol. The third kappa shape index (κ3) is 3.08. The van der Waals surface area contributed by atoms with Crippen LogP contribution in [-0.2, 0) is 17.8 Å². The Balaban J connectivity index is 1.90. The van der Waals surface area contributed by atoms with Gasteiger partial charge in [0.05, 0.1) is 24.3 Å². The molecule has 0 radical (unpaired) electrons. The molecule has 0 aromatic carbocycles. The van der Waals surface area contributed by atoms with E-state index in [0.29, 0.717) is 13.0 Å². The maximum atomic E-state index is 12.1. The molecule has 0 unspecified atom stereocenters. The smallest absolute Gasteiger partial charge is 0.222 e. The van der Waals surface area contributed by atoms with Crippen LogP contribution < -0.4 is 0 Å². The summed E-state index contributed by atoms with van der Waals surface area (Å²) in [6, 6.07) is 0. The van der Waals surface area contributed by atoms with Crippen molar-refractivity contribution in [2.45, 2.75) is 46.6 Å². The number of hydrogen-bond acceptors (Lipinski definition) is 2. The van der Waals surface area contributed by atoms with Gasteiger partial charge in [0.15, 0.2) is 0 Å². The molecule has 1 amide bonds. The van der Waals surface area contributed by atoms with Crippen molar-refractivity contribution in [3.8, 4) is 0 Å². The number of aromatic amines is 1. The zero-order valence-corrected chi connectivity index (χ0v) is 10.9. The molecule has 0 aliphatic carbocycles. The van der Waals surface area contributed by atoms with Gasteiger partial charge in [-0.05, 0) is 11.8 Å². The second kappa shape index (κ2) is 4.51. The first kappa shape index (κ1) is 12.1. The van der Waals surface area contributed by atoms with Gasteiger partial charge in [-0.25, -0.2) is 4.98 Å². The van der Waals surface area contributed by atoms with Crippen LogP contribution in [0.1, 0.15) is 45.0 Å². The molecule has 1 aromatic heterocycles. The van der Waals surface area contributed by atoms with Crippen LogP contribution in [0, 0.1) is 5.41 Å². The van der Waals surface area contributed by atoms with Crippen LogP contribution in [0.2, 0.25) is 0 Å². The molecule has 0 bridgehead atoms. The van der Waals surface area contributed by atoms with Gasteiger partial charge in [-0.1, -0.05) is 20.8 Å². The number of carbonyl (C=O) groups excluding carboxylic acids is 1.